The Kier molecular flexibility index (Phi) is 7.86. The molecule has 0 amide bonds. The molecule has 0 aliphatic carbocycles. The Morgan fingerprint density at radius 2 is 1.84 bits per heavy atom. The maximum Gasteiger partial charge on any atom is 0.328 e. The number of nitrogens with two attached hydrogens (primary N) is 1. The summed E-state index contributed by atoms with van der Waals surface area (Å²) in [7, 11) is 3.52. The third-order valence-corrected chi connectivity index (χ3v) is 3.81. The summed E-state index contributed by atoms with van der Waals surface area (Å²) in [5.74, 6) is -1.44. The second-order valence-electron chi connectivity index (χ2n) is 6.71. The number of para-hydroxylation sites is 1. The Morgan fingerprint density at radius 1 is 1.24 bits per heavy atom. The van der Waals surface area contributed by atoms with Crippen LogP contribution in [0.3, 0.4) is 0 Å². The van der Waals surface area contributed by atoms with Gasteiger partial charge in [0.2, 0.25) is 0 Å². The van der Waals surface area contributed by atoms with Gasteiger partial charge in [-0.1, -0.05) is 32.0 Å². The molecule has 0 aliphatic rings. The first-order valence-corrected chi connectivity index (χ1v) is 8.32. The summed E-state index contributed by atoms with van der Waals surface area (Å²) < 4.78 is 5.37. The van der Waals surface area contributed by atoms with E-state index < -0.39 is 30.1 Å². The zero-order valence-corrected chi connectivity index (χ0v) is 15.5. The zero-order valence-electron chi connectivity index (χ0n) is 15.5. The van der Waals surface area contributed by atoms with Crippen molar-refractivity contribution in [3.63, 3.8) is 0 Å². The number of carboxylic acids is 1. The fourth-order valence-electron chi connectivity index (χ4n) is 2.42. The summed E-state index contributed by atoms with van der Waals surface area (Å²) in [6, 6.07) is 5.83. The quantitative estimate of drug-likeness (QED) is 0.579. The summed E-state index contributed by atoms with van der Waals surface area (Å²) in [5, 5.41) is 12.2. The van der Waals surface area contributed by atoms with E-state index in [-0.39, 0.29) is 6.54 Å². The Bertz CT molecular complexity index is 589. The number of aliphatic carboxylic acids is 1. The van der Waals surface area contributed by atoms with Gasteiger partial charge in [-0.15, -0.1) is 0 Å². The number of nitrogens with one attached hydrogen (secondary N) is 1. The molecule has 0 aromatic heterocycles. The van der Waals surface area contributed by atoms with Crippen LogP contribution in [-0.4, -0.2) is 60.8 Å². The van der Waals surface area contributed by atoms with Crippen molar-refractivity contribution in [1.29, 1.82) is 0 Å². The van der Waals surface area contributed by atoms with Gasteiger partial charge >= 0.3 is 11.9 Å². The molecular weight excluding hydrogens is 322 g/mol. The summed E-state index contributed by atoms with van der Waals surface area (Å²) >= 11 is 0. The zero-order chi connectivity index (χ0) is 19.1. The maximum absolute atomic E-state index is 12.4. The lowest BCUT2D eigenvalue weighted by molar-refractivity contribution is -0.155. The Hall–Kier alpha value is -2.12. The van der Waals surface area contributed by atoms with E-state index in [2.05, 4.69) is 19.2 Å². The number of nitrogens with zero attached hydrogens (tertiary/aromatic N) is 1. The fourth-order valence-corrected chi connectivity index (χ4v) is 2.42. The van der Waals surface area contributed by atoms with E-state index in [9.17, 15) is 9.59 Å². The highest BCUT2D eigenvalue weighted by Crippen LogP contribution is 2.24. The van der Waals surface area contributed by atoms with Crippen LogP contribution in [0.1, 0.15) is 32.3 Å². The molecule has 0 aliphatic heterocycles. The summed E-state index contributed by atoms with van der Waals surface area (Å²) in [6.07, 6.45) is -0.926. The lowest BCUT2D eigenvalue weighted by atomic mass is 10.0. The van der Waals surface area contributed by atoms with Crippen molar-refractivity contribution in [2.45, 2.75) is 44.9 Å². The topological polar surface area (TPSA) is 105 Å². The van der Waals surface area contributed by atoms with E-state index in [4.69, 9.17) is 15.6 Å². The number of hydrogen-bond acceptors (Lipinski definition) is 6. The first kappa shape index (κ1) is 20.9. The SMILES string of the molecule is CC(C)c1ccccc1N[C@@H](C)C(=O)OC(CN(C)C)C(N)C(=O)O. The minimum absolute atomic E-state index is 0.231. The number of ether oxygens (including phenoxy) is 1. The van der Waals surface area contributed by atoms with Crippen molar-refractivity contribution >= 4 is 17.6 Å². The molecular formula is C18H29N3O4. The van der Waals surface area contributed by atoms with Gasteiger partial charge in [0.25, 0.3) is 0 Å². The average molecular weight is 351 g/mol. The van der Waals surface area contributed by atoms with Gasteiger partial charge in [0, 0.05) is 12.2 Å². The molecule has 0 saturated heterocycles. The summed E-state index contributed by atoms with van der Waals surface area (Å²) in [5.41, 5.74) is 7.60. The molecule has 0 bridgehead atoms. The van der Waals surface area contributed by atoms with Gasteiger partial charge in [-0.2, -0.15) is 0 Å². The van der Waals surface area contributed by atoms with Gasteiger partial charge < -0.3 is 25.8 Å². The van der Waals surface area contributed by atoms with Gasteiger partial charge in [0.15, 0.2) is 0 Å². The molecule has 3 atom stereocenters. The molecule has 2 unspecified atom stereocenters. The van der Waals surface area contributed by atoms with Crippen molar-refractivity contribution in [2.75, 3.05) is 26.0 Å². The highest BCUT2D eigenvalue weighted by Gasteiger charge is 2.30. The molecule has 1 rings (SSSR count). The van der Waals surface area contributed by atoms with E-state index in [0.717, 1.165) is 11.3 Å². The predicted molar refractivity (Wildman–Crippen MR) is 97.7 cm³/mol. The predicted octanol–water partition coefficient (Wildman–Crippen LogP) is 1.50. The van der Waals surface area contributed by atoms with Crippen molar-refractivity contribution in [2.24, 2.45) is 5.73 Å². The molecule has 7 heteroatoms. The van der Waals surface area contributed by atoms with Crippen LogP contribution in [0.2, 0.25) is 0 Å². The van der Waals surface area contributed by atoms with Crippen LogP contribution in [0.4, 0.5) is 5.69 Å². The van der Waals surface area contributed by atoms with Gasteiger partial charge in [-0.3, -0.25) is 4.79 Å². The van der Waals surface area contributed by atoms with E-state index in [1.165, 1.54) is 0 Å². The third kappa shape index (κ3) is 6.36. The fraction of sp³-hybridized carbons (Fsp3) is 0.556. The van der Waals surface area contributed by atoms with E-state index in [1.807, 2.05) is 24.3 Å². The van der Waals surface area contributed by atoms with Crippen LogP contribution in [0.25, 0.3) is 0 Å². The molecule has 0 radical (unpaired) electrons. The number of likely N-dealkylation sites (N-methyl/N-ethyl adjacent to an activating group) is 1. The first-order valence-electron chi connectivity index (χ1n) is 8.32. The normalized spacial score (nSPS) is 14.9. The molecule has 0 fully saturated rings. The highest BCUT2D eigenvalue weighted by atomic mass is 16.5. The Morgan fingerprint density at radius 3 is 2.36 bits per heavy atom. The molecule has 1 aromatic rings. The van der Waals surface area contributed by atoms with Crippen molar-refractivity contribution in [3.05, 3.63) is 29.8 Å². The summed E-state index contributed by atoms with van der Waals surface area (Å²) in [6.45, 7) is 6.05. The molecule has 0 saturated carbocycles. The lowest BCUT2D eigenvalue weighted by Gasteiger charge is -2.26. The first-order chi connectivity index (χ1) is 11.6. The van der Waals surface area contributed by atoms with Crippen LogP contribution < -0.4 is 11.1 Å². The number of rotatable bonds is 9. The van der Waals surface area contributed by atoms with Crippen LogP contribution in [0.15, 0.2) is 24.3 Å². The van der Waals surface area contributed by atoms with Gasteiger partial charge in [-0.05, 0) is 38.6 Å². The molecule has 0 spiro atoms. The molecule has 4 N–H and O–H groups in total. The lowest BCUT2D eigenvalue weighted by Crippen LogP contribution is -2.50. The minimum atomic E-state index is -1.28. The second kappa shape index (κ2) is 9.39. The molecule has 25 heavy (non-hydrogen) atoms. The largest absolute Gasteiger partial charge is 0.480 e. The monoisotopic (exact) mass is 351 g/mol. The summed E-state index contributed by atoms with van der Waals surface area (Å²) in [4.78, 5) is 25.3. The molecule has 0 heterocycles. The number of hydrogen-bond donors (Lipinski definition) is 3. The Labute approximate surface area is 149 Å². The van der Waals surface area contributed by atoms with Crippen molar-refractivity contribution in [3.8, 4) is 0 Å². The van der Waals surface area contributed by atoms with Crippen LogP contribution >= 0.6 is 0 Å². The van der Waals surface area contributed by atoms with Crippen LogP contribution in [0, 0.1) is 0 Å². The number of benzene rings is 1. The number of carboxylic acid groups (broad SMARTS) is 1. The third-order valence-electron chi connectivity index (χ3n) is 3.81. The number of carbonyl (C=O) groups excluding carboxylic acids is 1. The smallest absolute Gasteiger partial charge is 0.328 e. The van der Waals surface area contributed by atoms with Crippen molar-refractivity contribution in [1.82, 2.24) is 4.90 Å². The number of anilines is 1. The Balaban J connectivity index is 2.82. The van der Waals surface area contributed by atoms with Crippen LogP contribution in [0.5, 0.6) is 0 Å². The van der Waals surface area contributed by atoms with E-state index in [0.29, 0.717) is 5.92 Å². The highest BCUT2D eigenvalue weighted by molar-refractivity contribution is 5.80. The number of carbonyl (C=O) groups is 2. The maximum atomic E-state index is 12.4. The van der Waals surface area contributed by atoms with Gasteiger partial charge in [0.05, 0.1) is 0 Å². The molecule has 7 nitrogen and oxygen atoms in total. The minimum Gasteiger partial charge on any atom is -0.480 e. The standard InChI is InChI=1S/C18H29N3O4/c1-11(2)13-8-6-7-9-14(13)20-12(3)18(24)25-15(10-21(4)5)16(19)17(22)23/h6-9,11-12,15-16,20H,10,19H2,1-5H3,(H,22,23)/t12-,15?,16?/m0/s1. The average Bonchev–Trinajstić information content (AvgIpc) is 2.53. The van der Waals surface area contributed by atoms with Crippen LogP contribution in [-0.2, 0) is 14.3 Å². The van der Waals surface area contributed by atoms with Gasteiger partial charge in [0.1, 0.15) is 18.2 Å². The van der Waals surface area contributed by atoms with E-state index in [1.54, 1.807) is 25.9 Å². The van der Waals surface area contributed by atoms with E-state index >= 15 is 0 Å². The second-order valence-corrected chi connectivity index (χ2v) is 6.71. The number of esters is 1. The van der Waals surface area contributed by atoms with Gasteiger partial charge in [-0.25, -0.2) is 4.79 Å². The molecule has 140 valence electrons. The van der Waals surface area contributed by atoms with Crippen molar-refractivity contribution < 1.29 is 19.4 Å². The molecule has 1 aromatic carbocycles.